The molecule has 4 rings (SSSR count). The molecular weight excluding hydrogens is 406 g/mol. The number of methoxy groups -OCH3 is 1. The molecule has 1 fully saturated rings. The number of hydrogen-bond acceptors (Lipinski definition) is 6. The van der Waals surface area contributed by atoms with Crippen molar-refractivity contribution in [1.82, 2.24) is 9.88 Å². The van der Waals surface area contributed by atoms with Gasteiger partial charge in [0.15, 0.2) is 0 Å². The van der Waals surface area contributed by atoms with E-state index in [0.29, 0.717) is 56.8 Å². The number of carbonyl (C=O) groups excluding carboxylic acids is 1. The summed E-state index contributed by atoms with van der Waals surface area (Å²) in [6, 6.07) is 9.36. The summed E-state index contributed by atoms with van der Waals surface area (Å²) in [6.07, 6.45) is 3.33. The van der Waals surface area contributed by atoms with Crippen LogP contribution in [0.5, 0.6) is 5.75 Å². The third-order valence-corrected chi connectivity index (χ3v) is 5.97. The number of nitrogens with one attached hydrogen (secondary N) is 1. The van der Waals surface area contributed by atoms with Gasteiger partial charge in [0.05, 0.1) is 25.1 Å². The Balaban J connectivity index is 0.00000256. The van der Waals surface area contributed by atoms with E-state index in [4.69, 9.17) is 4.74 Å². The van der Waals surface area contributed by atoms with Crippen LogP contribution in [-0.2, 0) is 16.8 Å². The summed E-state index contributed by atoms with van der Waals surface area (Å²) in [5.41, 5.74) is 2.48. The van der Waals surface area contributed by atoms with Crippen molar-refractivity contribution in [3.05, 3.63) is 53.3 Å². The quantitative estimate of drug-likeness (QED) is 0.670. The minimum absolute atomic E-state index is 0. The monoisotopic (exact) mass is 433 g/mol. The average molecular weight is 434 g/mol. The van der Waals surface area contributed by atoms with Gasteiger partial charge >= 0.3 is 0 Å². The van der Waals surface area contributed by atoms with Crippen molar-refractivity contribution in [2.24, 2.45) is 0 Å². The molecule has 1 saturated heterocycles. The highest BCUT2D eigenvalue weighted by Crippen LogP contribution is 2.33. The van der Waals surface area contributed by atoms with Gasteiger partial charge in [0.2, 0.25) is 5.91 Å². The van der Waals surface area contributed by atoms with Gasteiger partial charge in [-0.2, -0.15) is 0 Å². The number of benzene rings is 1. The lowest BCUT2D eigenvalue weighted by molar-refractivity contribution is -0.116. The Morgan fingerprint density at radius 3 is 2.67 bits per heavy atom. The minimum Gasteiger partial charge on any atom is -0.495 e. The second kappa shape index (κ2) is 9.31. The average Bonchev–Trinajstić information content (AvgIpc) is 2.75. The number of fused-ring (bicyclic) bond motifs is 1. The largest absolute Gasteiger partial charge is 0.495 e. The second-order valence-electron chi connectivity index (χ2n) is 7.90. The minimum atomic E-state index is -0.947. The van der Waals surface area contributed by atoms with Gasteiger partial charge in [0.25, 0.3) is 0 Å². The first-order valence-corrected chi connectivity index (χ1v) is 10.0. The molecule has 8 heteroatoms. The molecule has 0 aliphatic carbocycles. The molecule has 2 aliphatic rings. The molecule has 0 radical (unpaired) electrons. The van der Waals surface area contributed by atoms with Crippen LogP contribution in [0.15, 0.2) is 36.5 Å². The van der Waals surface area contributed by atoms with Crippen molar-refractivity contribution in [2.45, 2.75) is 37.4 Å². The first-order chi connectivity index (χ1) is 14.0. The molecule has 7 nitrogen and oxygen atoms in total. The van der Waals surface area contributed by atoms with Crippen molar-refractivity contribution in [3.63, 3.8) is 0 Å². The van der Waals surface area contributed by atoms with E-state index in [9.17, 15) is 15.0 Å². The summed E-state index contributed by atoms with van der Waals surface area (Å²) in [5, 5.41) is 24.6. The van der Waals surface area contributed by atoms with E-state index in [1.54, 1.807) is 13.3 Å². The zero-order valence-corrected chi connectivity index (χ0v) is 17.8. The van der Waals surface area contributed by atoms with E-state index in [2.05, 4.69) is 15.2 Å². The third-order valence-electron chi connectivity index (χ3n) is 5.97. The fraction of sp³-hybridized carbons (Fsp3) is 0.455. The van der Waals surface area contributed by atoms with Crippen molar-refractivity contribution >= 4 is 24.0 Å². The predicted molar refractivity (Wildman–Crippen MR) is 116 cm³/mol. The first-order valence-electron chi connectivity index (χ1n) is 10.0. The highest BCUT2D eigenvalue weighted by Gasteiger charge is 2.35. The topological polar surface area (TPSA) is 94.9 Å². The molecular formula is C22H28ClN3O4. The Morgan fingerprint density at radius 2 is 2.00 bits per heavy atom. The number of nitrogens with zero attached hydrogens (tertiary/aromatic N) is 2. The maximum absolute atomic E-state index is 11.5. The van der Waals surface area contributed by atoms with Gasteiger partial charge in [0, 0.05) is 31.7 Å². The number of rotatable bonds is 5. The summed E-state index contributed by atoms with van der Waals surface area (Å²) in [6.45, 7) is 1.88. The molecule has 2 aliphatic heterocycles. The van der Waals surface area contributed by atoms with Crippen LogP contribution >= 0.6 is 12.4 Å². The van der Waals surface area contributed by atoms with E-state index in [0.717, 1.165) is 16.8 Å². The van der Waals surface area contributed by atoms with Gasteiger partial charge in [-0.3, -0.25) is 9.78 Å². The zero-order valence-electron chi connectivity index (χ0n) is 17.0. The number of aryl methyl sites for hydroxylation is 1. The number of ether oxygens (including phenoxy) is 1. The summed E-state index contributed by atoms with van der Waals surface area (Å²) >= 11 is 0. The molecule has 0 spiro atoms. The standard InChI is InChI=1S/C22H27N3O4.ClH/c1-29-17-4-6-20(23-13-17)22(28)8-10-25(11-9-22)14-19(26)16-2-5-18-15(12-16)3-7-21(27)24-18;/h2,4-6,12-13,19,26,28H,3,7-11,14H2,1H3,(H,24,27);1H. The molecule has 1 unspecified atom stereocenters. The van der Waals surface area contributed by atoms with E-state index in [-0.39, 0.29) is 18.3 Å². The van der Waals surface area contributed by atoms with Gasteiger partial charge in [0.1, 0.15) is 11.4 Å². The highest BCUT2D eigenvalue weighted by atomic mass is 35.5. The Labute approximate surface area is 182 Å². The number of amides is 1. The van der Waals surface area contributed by atoms with E-state index in [1.165, 1.54) is 0 Å². The Hall–Kier alpha value is -2.19. The predicted octanol–water partition coefficient (Wildman–Crippen LogP) is 2.41. The number of likely N-dealkylation sites (tertiary alicyclic amines) is 1. The number of piperidine rings is 1. The highest BCUT2D eigenvalue weighted by molar-refractivity contribution is 5.93. The molecule has 1 atom stereocenters. The van der Waals surface area contributed by atoms with Crippen LogP contribution in [0.4, 0.5) is 5.69 Å². The number of aliphatic hydroxyl groups is 2. The molecule has 0 saturated carbocycles. The van der Waals surface area contributed by atoms with E-state index in [1.807, 2.05) is 30.3 Å². The van der Waals surface area contributed by atoms with Crippen LogP contribution in [-0.4, -0.2) is 52.7 Å². The summed E-state index contributed by atoms with van der Waals surface area (Å²) in [4.78, 5) is 18.0. The summed E-state index contributed by atoms with van der Waals surface area (Å²) in [7, 11) is 1.59. The molecule has 30 heavy (non-hydrogen) atoms. The number of carbonyl (C=O) groups is 1. The smallest absolute Gasteiger partial charge is 0.224 e. The van der Waals surface area contributed by atoms with Gasteiger partial charge in [-0.1, -0.05) is 12.1 Å². The molecule has 1 amide bonds. The van der Waals surface area contributed by atoms with Crippen LogP contribution in [0.2, 0.25) is 0 Å². The second-order valence-corrected chi connectivity index (χ2v) is 7.90. The summed E-state index contributed by atoms with van der Waals surface area (Å²) in [5.74, 6) is 0.709. The Morgan fingerprint density at radius 1 is 1.23 bits per heavy atom. The lowest BCUT2D eigenvalue weighted by atomic mass is 9.87. The number of anilines is 1. The van der Waals surface area contributed by atoms with Crippen molar-refractivity contribution in [2.75, 3.05) is 32.1 Å². The molecule has 2 aromatic rings. The van der Waals surface area contributed by atoms with Gasteiger partial charge < -0.3 is 25.2 Å². The van der Waals surface area contributed by atoms with Crippen LogP contribution < -0.4 is 10.1 Å². The fourth-order valence-corrected chi connectivity index (χ4v) is 4.10. The number of pyridine rings is 1. The lowest BCUT2D eigenvalue weighted by Gasteiger charge is -2.38. The molecule has 0 bridgehead atoms. The van der Waals surface area contributed by atoms with Gasteiger partial charge in [-0.15, -0.1) is 12.4 Å². The van der Waals surface area contributed by atoms with Crippen molar-refractivity contribution < 1.29 is 19.7 Å². The molecule has 162 valence electrons. The first kappa shape index (κ1) is 22.5. The lowest BCUT2D eigenvalue weighted by Crippen LogP contribution is -2.44. The van der Waals surface area contributed by atoms with Crippen molar-refractivity contribution in [3.8, 4) is 5.75 Å². The number of aromatic nitrogens is 1. The van der Waals surface area contributed by atoms with Crippen molar-refractivity contribution in [1.29, 1.82) is 0 Å². The maximum atomic E-state index is 11.5. The summed E-state index contributed by atoms with van der Waals surface area (Å²) < 4.78 is 5.13. The van der Waals surface area contributed by atoms with E-state index >= 15 is 0 Å². The van der Waals surface area contributed by atoms with Crippen LogP contribution in [0.3, 0.4) is 0 Å². The number of β-amino-alcohol motifs (C(OH)–C–C–N with tert-alkyl or cyclic N) is 1. The number of aliphatic hydroxyl groups excluding tert-OH is 1. The number of hydrogen-bond donors (Lipinski definition) is 3. The normalized spacial score (nSPS) is 19.2. The SMILES string of the molecule is COc1ccc(C2(O)CCN(CC(O)c3ccc4c(c3)CCC(=O)N4)CC2)nc1.Cl. The van der Waals surface area contributed by atoms with E-state index < -0.39 is 11.7 Å². The molecule has 1 aromatic heterocycles. The van der Waals surface area contributed by atoms with Crippen LogP contribution in [0.1, 0.15) is 42.2 Å². The fourth-order valence-electron chi connectivity index (χ4n) is 4.10. The molecule has 1 aromatic carbocycles. The van der Waals surface area contributed by atoms with Gasteiger partial charge in [-0.25, -0.2) is 0 Å². The molecule has 3 heterocycles. The van der Waals surface area contributed by atoms with Crippen LogP contribution in [0.25, 0.3) is 0 Å². The number of halogens is 1. The zero-order chi connectivity index (χ0) is 20.4. The Kier molecular flexibility index (Phi) is 6.98. The van der Waals surface area contributed by atoms with Gasteiger partial charge in [-0.05, 0) is 48.6 Å². The molecule has 3 N–H and O–H groups in total. The maximum Gasteiger partial charge on any atom is 0.224 e. The van der Waals surface area contributed by atoms with Crippen LogP contribution in [0, 0.1) is 0 Å². The Bertz CT molecular complexity index is 882. The third kappa shape index (κ3) is 4.75.